The molecule has 1 fully saturated rings. The third-order valence-electron chi connectivity index (χ3n) is 8.70. The van der Waals surface area contributed by atoms with Gasteiger partial charge in [0.15, 0.2) is 0 Å². The number of benzene rings is 1. The molecule has 0 saturated heterocycles. The number of aliphatic hydroxyl groups is 1. The van der Waals surface area contributed by atoms with E-state index >= 15 is 0 Å². The lowest BCUT2D eigenvalue weighted by Crippen LogP contribution is -2.43. The first-order valence-electron chi connectivity index (χ1n) is 11.7. The SMILES string of the molecule is CC1CCC(O)CC=CCC2C1CCC1(C)C(C3=c4ccccc4=NC3)=CCC21. The van der Waals surface area contributed by atoms with Crippen molar-refractivity contribution in [2.24, 2.45) is 34.1 Å². The third kappa shape index (κ3) is 3.24. The van der Waals surface area contributed by atoms with Gasteiger partial charge in [0.25, 0.3) is 0 Å². The van der Waals surface area contributed by atoms with Crippen molar-refractivity contribution in [3.8, 4) is 0 Å². The molecule has 0 radical (unpaired) electrons. The van der Waals surface area contributed by atoms with E-state index in [0.717, 1.165) is 37.1 Å². The van der Waals surface area contributed by atoms with Crippen molar-refractivity contribution in [2.45, 2.75) is 64.9 Å². The summed E-state index contributed by atoms with van der Waals surface area (Å²) in [7, 11) is 0. The summed E-state index contributed by atoms with van der Waals surface area (Å²) in [6.07, 6.45) is 15.0. The van der Waals surface area contributed by atoms with E-state index in [4.69, 9.17) is 4.99 Å². The van der Waals surface area contributed by atoms with Crippen molar-refractivity contribution in [1.82, 2.24) is 0 Å². The summed E-state index contributed by atoms with van der Waals surface area (Å²) in [5.74, 6) is 3.01. The Kier molecular flexibility index (Phi) is 5.02. The van der Waals surface area contributed by atoms with Crippen LogP contribution in [0.15, 0.2) is 53.1 Å². The average Bonchev–Trinajstić information content (AvgIpc) is 3.29. The first-order chi connectivity index (χ1) is 14.1. The van der Waals surface area contributed by atoms with Crippen LogP contribution < -0.4 is 10.6 Å². The van der Waals surface area contributed by atoms with E-state index in [1.807, 2.05) is 0 Å². The van der Waals surface area contributed by atoms with Gasteiger partial charge in [-0.1, -0.05) is 50.3 Å². The fraction of sp³-hybridized carbons (Fsp3) is 0.593. The summed E-state index contributed by atoms with van der Waals surface area (Å²) < 4.78 is 0. The van der Waals surface area contributed by atoms with Crippen molar-refractivity contribution in [2.75, 3.05) is 6.54 Å². The van der Waals surface area contributed by atoms with Gasteiger partial charge in [-0.2, -0.15) is 0 Å². The molecule has 0 bridgehead atoms. The van der Waals surface area contributed by atoms with Crippen LogP contribution in [0.4, 0.5) is 0 Å². The predicted molar refractivity (Wildman–Crippen MR) is 119 cm³/mol. The Morgan fingerprint density at radius 2 is 1.83 bits per heavy atom. The number of para-hydroxylation sites is 1. The molecule has 1 saturated carbocycles. The maximum atomic E-state index is 10.2. The van der Waals surface area contributed by atoms with Crippen LogP contribution in [0.5, 0.6) is 0 Å². The quantitative estimate of drug-likeness (QED) is 0.701. The molecule has 0 spiro atoms. The molecule has 5 rings (SSSR count). The van der Waals surface area contributed by atoms with E-state index < -0.39 is 0 Å². The zero-order chi connectivity index (χ0) is 20.0. The summed E-state index contributed by atoms with van der Waals surface area (Å²) in [4.78, 5) is 4.83. The van der Waals surface area contributed by atoms with Gasteiger partial charge in [-0.15, -0.1) is 0 Å². The topological polar surface area (TPSA) is 32.6 Å². The monoisotopic (exact) mass is 389 g/mol. The highest BCUT2D eigenvalue weighted by Gasteiger charge is 2.51. The number of hydrogen-bond donors (Lipinski definition) is 1. The molecule has 6 atom stereocenters. The highest BCUT2D eigenvalue weighted by atomic mass is 16.3. The van der Waals surface area contributed by atoms with Gasteiger partial charge in [0.2, 0.25) is 0 Å². The van der Waals surface area contributed by atoms with E-state index in [1.165, 1.54) is 48.3 Å². The number of fused-ring (bicyclic) bond motifs is 4. The molecule has 0 amide bonds. The van der Waals surface area contributed by atoms with Crippen molar-refractivity contribution in [1.29, 1.82) is 0 Å². The van der Waals surface area contributed by atoms with Crippen LogP contribution in [0.25, 0.3) is 5.57 Å². The molecular weight excluding hydrogens is 354 g/mol. The number of aliphatic hydroxyl groups excluding tert-OH is 1. The summed E-state index contributed by atoms with van der Waals surface area (Å²) in [6.45, 7) is 5.86. The second-order valence-corrected chi connectivity index (χ2v) is 10.2. The van der Waals surface area contributed by atoms with Crippen LogP contribution in [0, 0.1) is 29.1 Å². The van der Waals surface area contributed by atoms with Crippen molar-refractivity contribution in [3.63, 3.8) is 0 Å². The fourth-order valence-corrected chi connectivity index (χ4v) is 7.04. The molecule has 3 aliphatic carbocycles. The van der Waals surface area contributed by atoms with Gasteiger partial charge in [0, 0.05) is 5.22 Å². The smallest absolute Gasteiger partial charge is 0.0656 e. The lowest BCUT2D eigenvalue weighted by atomic mass is 9.54. The van der Waals surface area contributed by atoms with Crippen LogP contribution >= 0.6 is 0 Å². The number of nitrogens with zero attached hydrogens (tertiary/aromatic N) is 1. The number of hydrogen-bond acceptors (Lipinski definition) is 2. The summed E-state index contributed by atoms with van der Waals surface area (Å²) >= 11 is 0. The maximum absolute atomic E-state index is 10.2. The third-order valence-corrected chi connectivity index (χ3v) is 8.70. The molecule has 154 valence electrons. The van der Waals surface area contributed by atoms with Crippen LogP contribution in [0.1, 0.15) is 58.8 Å². The molecule has 6 unspecified atom stereocenters. The molecule has 1 aliphatic heterocycles. The largest absolute Gasteiger partial charge is 0.393 e. The van der Waals surface area contributed by atoms with Gasteiger partial charge in [-0.05, 0) is 91.2 Å². The van der Waals surface area contributed by atoms with E-state index in [9.17, 15) is 5.11 Å². The van der Waals surface area contributed by atoms with Gasteiger partial charge in [0.05, 0.1) is 18.0 Å². The van der Waals surface area contributed by atoms with E-state index in [0.29, 0.717) is 11.3 Å². The van der Waals surface area contributed by atoms with Crippen molar-refractivity contribution >= 4 is 5.57 Å². The Balaban J connectivity index is 1.48. The molecule has 1 aromatic carbocycles. The second-order valence-electron chi connectivity index (χ2n) is 10.2. The van der Waals surface area contributed by atoms with Gasteiger partial charge in [0.1, 0.15) is 0 Å². The molecule has 2 heteroatoms. The van der Waals surface area contributed by atoms with Crippen molar-refractivity contribution < 1.29 is 5.11 Å². The van der Waals surface area contributed by atoms with E-state index in [2.05, 4.69) is 56.3 Å². The fourth-order valence-electron chi connectivity index (χ4n) is 7.04. The van der Waals surface area contributed by atoms with Crippen LogP contribution in [-0.2, 0) is 0 Å². The van der Waals surface area contributed by atoms with E-state index in [1.54, 1.807) is 5.57 Å². The molecule has 2 nitrogen and oxygen atoms in total. The zero-order valence-electron chi connectivity index (χ0n) is 18.0. The Labute approximate surface area is 175 Å². The Morgan fingerprint density at radius 3 is 2.72 bits per heavy atom. The minimum Gasteiger partial charge on any atom is -0.393 e. The van der Waals surface area contributed by atoms with Crippen LogP contribution in [-0.4, -0.2) is 17.8 Å². The normalized spacial score (nSPS) is 39.2. The highest BCUT2D eigenvalue weighted by molar-refractivity contribution is 5.70. The summed E-state index contributed by atoms with van der Waals surface area (Å²) in [5, 5.41) is 12.8. The van der Waals surface area contributed by atoms with Gasteiger partial charge in [-0.25, -0.2) is 0 Å². The molecule has 1 aromatic rings. The van der Waals surface area contributed by atoms with Crippen molar-refractivity contribution in [3.05, 3.63) is 58.6 Å². The van der Waals surface area contributed by atoms with E-state index in [-0.39, 0.29) is 6.10 Å². The summed E-state index contributed by atoms with van der Waals surface area (Å²) in [5.41, 5.74) is 3.40. The Bertz CT molecular complexity index is 957. The molecule has 1 N–H and O–H groups in total. The van der Waals surface area contributed by atoms with Gasteiger partial charge in [-0.3, -0.25) is 4.99 Å². The molecule has 0 aromatic heterocycles. The minimum absolute atomic E-state index is 0.151. The Hall–Kier alpha value is -1.67. The molecular formula is C27H35NO. The number of rotatable bonds is 1. The molecule has 4 aliphatic rings. The number of allylic oxidation sites excluding steroid dienone is 2. The zero-order valence-corrected chi connectivity index (χ0v) is 18.0. The standard InChI is InChI=1S/C27H35NO/c1-18-11-12-19(29)7-3-4-8-21-20(18)15-16-27(2)24(21)13-14-25(27)23-17-28-26-10-6-5-9-22(23)26/h3-6,9-10,14,18-21,24,29H,7-8,11-13,15-17H2,1-2H3. The van der Waals surface area contributed by atoms with Crippen LogP contribution in [0.2, 0.25) is 0 Å². The first kappa shape index (κ1) is 19.3. The maximum Gasteiger partial charge on any atom is 0.0656 e. The highest BCUT2D eigenvalue weighted by Crippen LogP contribution is 2.60. The molecule has 29 heavy (non-hydrogen) atoms. The van der Waals surface area contributed by atoms with Crippen LogP contribution in [0.3, 0.4) is 0 Å². The average molecular weight is 390 g/mol. The predicted octanol–water partition coefficient (Wildman–Crippen LogP) is 4.58. The lowest BCUT2D eigenvalue weighted by molar-refractivity contribution is 0.0249. The van der Waals surface area contributed by atoms with Gasteiger partial charge < -0.3 is 5.11 Å². The van der Waals surface area contributed by atoms with Gasteiger partial charge >= 0.3 is 0 Å². The first-order valence-corrected chi connectivity index (χ1v) is 11.7. The summed E-state index contributed by atoms with van der Waals surface area (Å²) in [6, 6.07) is 8.70. The lowest BCUT2D eigenvalue weighted by Gasteiger charge is -2.50. The minimum atomic E-state index is -0.151. The Morgan fingerprint density at radius 1 is 1.00 bits per heavy atom. The molecule has 1 heterocycles. The second kappa shape index (κ2) is 7.54.